The molecule has 1 aliphatic carbocycles. The Morgan fingerprint density at radius 1 is 1.42 bits per heavy atom. The molecule has 102 valence electrons. The van der Waals surface area contributed by atoms with Gasteiger partial charge in [0.25, 0.3) is 5.91 Å². The molecule has 1 aliphatic rings. The van der Waals surface area contributed by atoms with Crippen molar-refractivity contribution < 1.29 is 9.18 Å². The van der Waals surface area contributed by atoms with Gasteiger partial charge < -0.3 is 11.1 Å². The summed E-state index contributed by atoms with van der Waals surface area (Å²) in [6, 6.07) is 4.25. The number of amides is 1. The third-order valence-electron chi connectivity index (χ3n) is 3.45. The molecule has 6 heteroatoms. The van der Waals surface area contributed by atoms with Crippen LogP contribution in [-0.4, -0.2) is 16.4 Å². The number of halogens is 2. The third kappa shape index (κ3) is 2.95. The van der Waals surface area contributed by atoms with Crippen LogP contribution in [0.4, 0.5) is 4.39 Å². The summed E-state index contributed by atoms with van der Waals surface area (Å²) in [6.07, 6.45) is 3.34. The Balaban J connectivity index is 2.25. The maximum Gasteiger partial charge on any atom is 0.255 e. The molecule has 0 spiro atoms. The maximum absolute atomic E-state index is 13.7. The minimum Gasteiger partial charge on any atom is -0.391 e. The van der Waals surface area contributed by atoms with E-state index in [-0.39, 0.29) is 10.6 Å². The number of thiocarbonyl (C=S) groups is 1. The Labute approximate surface area is 124 Å². The zero-order valence-electron chi connectivity index (χ0n) is 10.2. The monoisotopic (exact) mass is 344 g/mol. The van der Waals surface area contributed by atoms with Gasteiger partial charge in [0, 0.05) is 4.47 Å². The first-order chi connectivity index (χ1) is 8.94. The predicted molar refractivity (Wildman–Crippen MR) is 79.6 cm³/mol. The number of carbonyl (C=O) groups is 1. The van der Waals surface area contributed by atoms with E-state index in [0.29, 0.717) is 17.3 Å². The molecule has 0 radical (unpaired) electrons. The summed E-state index contributed by atoms with van der Waals surface area (Å²) in [5.74, 6) is -1.04. The van der Waals surface area contributed by atoms with Crippen molar-refractivity contribution >= 4 is 39.0 Å². The van der Waals surface area contributed by atoms with Crippen molar-refractivity contribution in [3.05, 3.63) is 34.1 Å². The first kappa shape index (κ1) is 14.4. The van der Waals surface area contributed by atoms with Crippen LogP contribution in [0.1, 0.15) is 36.0 Å². The van der Waals surface area contributed by atoms with E-state index >= 15 is 0 Å². The van der Waals surface area contributed by atoms with E-state index in [1.54, 1.807) is 6.07 Å². The molecule has 0 aromatic heterocycles. The fraction of sp³-hybridized carbons (Fsp3) is 0.385. The molecular formula is C13H14BrFN2OS. The third-order valence-corrected chi connectivity index (χ3v) is 4.34. The number of hydrogen-bond donors (Lipinski definition) is 2. The SMILES string of the molecule is NC(=S)C1(NC(=O)c2cc(Br)ccc2F)CCCC1. The van der Waals surface area contributed by atoms with Gasteiger partial charge in [-0.3, -0.25) is 4.79 Å². The quantitative estimate of drug-likeness (QED) is 0.829. The van der Waals surface area contributed by atoms with E-state index in [2.05, 4.69) is 21.2 Å². The van der Waals surface area contributed by atoms with Crippen molar-refractivity contribution in [2.75, 3.05) is 0 Å². The van der Waals surface area contributed by atoms with Gasteiger partial charge >= 0.3 is 0 Å². The summed E-state index contributed by atoms with van der Waals surface area (Å²) in [4.78, 5) is 12.5. The Morgan fingerprint density at radius 2 is 2.05 bits per heavy atom. The average Bonchev–Trinajstić information content (AvgIpc) is 2.82. The van der Waals surface area contributed by atoms with Crippen molar-refractivity contribution in [1.29, 1.82) is 0 Å². The summed E-state index contributed by atoms with van der Waals surface area (Å²) >= 11 is 8.28. The summed E-state index contributed by atoms with van der Waals surface area (Å²) in [6.45, 7) is 0. The molecule has 1 aromatic rings. The highest BCUT2D eigenvalue weighted by molar-refractivity contribution is 9.10. The zero-order valence-corrected chi connectivity index (χ0v) is 12.6. The van der Waals surface area contributed by atoms with Gasteiger partial charge in [-0.15, -0.1) is 0 Å². The Bertz CT molecular complexity index is 529. The van der Waals surface area contributed by atoms with Crippen LogP contribution in [0.25, 0.3) is 0 Å². The molecule has 19 heavy (non-hydrogen) atoms. The molecule has 1 aromatic carbocycles. The number of hydrogen-bond acceptors (Lipinski definition) is 2. The molecule has 1 saturated carbocycles. The van der Waals surface area contributed by atoms with Gasteiger partial charge in [0.2, 0.25) is 0 Å². The van der Waals surface area contributed by atoms with E-state index < -0.39 is 17.3 Å². The number of nitrogens with one attached hydrogen (secondary N) is 1. The molecule has 3 N–H and O–H groups in total. The normalized spacial score (nSPS) is 17.2. The number of carbonyl (C=O) groups excluding carboxylic acids is 1. The highest BCUT2D eigenvalue weighted by Gasteiger charge is 2.38. The second-order valence-corrected chi connectivity index (χ2v) is 6.09. The van der Waals surface area contributed by atoms with Crippen LogP contribution in [0.3, 0.4) is 0 Å². The second kappa shape index (κ2) is 5.54. The van der Waals surface area contributed by atoms with E-state index in [1.807, 2.05) is 0 Å². The van der Waals surface area contributed by atoms with Gasteiger partial charge in [-0.05, 0) is 31.0 Å². The van der Waals surface area contributed by atoms with Gasteiger partial charge in [-0.2, -0.15) is 0 Å². The lowest BCUT2D eigenvalue weighted by Crippen LogP contribution is -2.54. The van der Waals surface area contributed by atoms with Crippen molar-refractivity contribution in [1.82, 2.24) is 5.32 Å². The minimum atomic E-state index is -0.666. The van der Waals surface area contributed by atoms with Crippen LogP contribution in [0.2, 0.25) is 0 Å². The van der Waals surface area contributed by atoms with Gasteiger partial charge in [-0.25, -0.2) is 4.39 Å². The van der Waals surface area contributed by atoms with Crippen molar-refractivity contribution in [2.45, 2.75) is 31.2 Å². The maximum atomic E-state index is 13.7. The van der Waals surface area contributed by atoms with Gasteiger partial charge in [0.15, 0.2) is 0 Å². The second-order valence-electron chi connectivity index (χ2n) is 4.73. The van der Waals surface area contributed by atoms with Crippen LogP contribution >= 0.6 is 28.1 Å². The summed E-state index contributed by atoms with van der Waals surface area (Å²) in [7, 11) is 0. The molecule has 0 atom stereocenters. The van der Waals surface area contributed by atoms with Crippen molar-refractivity contribution in [3.8, 4) is 0 Å². The van der Waals surface area contributed by atoms with Crippen LogP contribution in [0.5, 0.6) is 0 Å². The molecule has 0 saturated heterocycles. The average molecular weight is 345 g/mol. The summed E-state index contributed by atoms with van der Waals surface area (Å²) in [5.41, 5.74) is 5.07. The Hall–Kier alpha value is -1.01. The van der Waals surface area contributed by atoms with Crippen molar-refractivity contribution in [2.24, 2.45) is 5.73 Å². The number of benzene rings is 1. The highest BCUT2D eigenvalue weighted by Crippen LogP contribution is 2.30. The number of nitrogens with two attached hydrogens (primary N) is 1. The van der Waals surface area contributed by atoms with Crippen LogP contribution in [0, 0.1) is 5.82 Å². The molecule has 1 amide bonds. The fourth-order valence-electron chi connectivity index (χ4n) is 2.37. The van der Waals surface area contributed by atoms with E-state index in [0.717, 1.165) is 12.8 Å². The molecular weight excluding hydrogens is 331 g/mol. The zero-order chi connectivity index (χ0) is 14.0. The van der Waals surface area contributed by atoms with Gasteiger partial charge in [-0.1, -0.05) is 41.0 Å². The lowest BCUT2D eigenvalue weighted by Gasteiger charge is -2.29. The molecule has 1 fully saturated rings. The number of rotatable bonds is 3. The Kier molecular flexibility index (Phi) is 4.20. The molecule has 3 nitrogen and oxygen atoms in total. The summed E-state index contributed by atoms with van der Waals surface area (Å²) in [5, 5.41) is 2.81. The lowest BCUT2D eigenvalue weighted by atomic mass is 9.97. The first-order valence-electron chi connectivity index (χ1n) is 6.02. The first-order valence-corrected chi connectivity index (χ1v) is 7.22. The molecule has 0 unspecified atom stereocenters. The van der Waals surface area contributed by atoms with Crippen molar-refractivity contribution in [3.63, 3.8) is 0 Å². The van der Waals surface area contributed by atoms with Gasteiger partial charge in [0.1, 0.15) is 5.82 Å². The van der Waals surface area contributed by atoms with E-state index in [1.165, 1.54) is 12.1 Å². The smallest absolute Gasteiger partial charge is 0.255 e. The molecule has 0 bridgehead atoms. The standard InChI is InChI=1S/C13H14BrFN2OS/c14-8-3-4-10(15)9(7-8)11(18)17-13(12(16)19)5-1-2-6-13/h3-4,7H,1-2,5-6H2,(H2,16,19)(H,17,18). The van der Waals surface area contributed by atoms with Gasteiger partial charge in [0.05, 0.1) is 16.1 Å². The minimum absolute atomic E-state index is 0.00287. The highest BCUT2D eigenvalue weighted by atomic mass is 79.9. The summed E-state index contributed by atoms with van der Waals surface area (Å²) < 4.78 is 14.3. The van der Waals surface area contributed by atoms with Crippen LogP contribution in [-0.2, 0) is 0 Å². The molecule has 0 heterocycles. The largest absolute Gasteiger partial charge is 0.391 e. The molecule has 0 aliphatic heterocycles. The molecule has 2 rings (SSSR count). The van der Waals surface area contributed by atoms with Crippen LogP contribution < -0.4 is 11.1 Å². The fourth-order valence-corrected chi connectivity index (χ4v) is 2.98. The van der Waals surface area contributed by atoms with E-state index in [9.17, 15) is 9.18 Å². The van der Waals surface area contributed by atoms with E-state index in [4.69, 9.17) is 18.0 Å². The van der Waals surface area contributed by atoms with Crippen LogP contribution in [0.15, 0.2) is 22.7 Å². The topological polar surface area (TPSA) is 55.1 Å². The predicted octanol–water partition coefficient (Wildman–Crippen LogP) is 2.92. The Morgan fingerprint density at radius 3 is 2.63 bits per heavy atom. The lowest BCUT2D eigenvalue weighted by molar-refractivity contribution is 0.0920.